The van der Waals surface area contributed by atoms with E-state index in [1.165, 1.54) is 5.56 Å². The maximum atomic E-state index is 9.40. The molecule has 2 rings (SSSR count). The van der Waals surface area contributed by atoms with E-state index in [0.29, 0.717) is 18.6 Å². The number of hydrogen-bond donors (Lipinski definition) is 1. The van der Waals surface area contributed by atoms with E-state index in [-0.39, 0.29) is 6.61 Å². The Kier molecular flexibility index (Phi) is 7.34. The highest BCUT2D eigenvalue weighted by Gasteiger charge is 2.27. The lowest BCUT2D eigenvalue weighted by Crippen LogP contribution is -2.53. The number of hydrogen-bond acceptors (Lipinski definition) is 4. The van der Waals surface area contributed by atoms with E-state index in [1.54, 1.807) is 0 Å². The summed E-state index contributed by atoms with van der Waals surface area (Å²) in [5, 5.41) is 9.40. The minimum atomic E-state index is 0.267. The number of aliphatic hydroxyl groups excluding tert-OH is 1. The van der Waals surface area contributed by atoms with Gasteiger partial charge in [-0.1, -0.05) is 32.0 Å². The predicted octanol–water partition coefficient (Wildman–Crippen LogP) is 2.61. The summed E-state index contributed by atoms with van der Waals surface area (Å²) < 4.78 is 5.75. The molecular weight excluding hydrogens is 288 g/mol. The van der Waals surface area contributed by atoms with E-state index in [1.807, 2.05) is 13.0 Å². The van der Waals surface area contributed by atoms with E-state index >= 15 is 0 Å². The van der Waals surface area contributed by atoms with Gasteiger partial charge in [-0.25, -0.2) is 0 Å². The molecule has 1 fully saturated rings. The first-order valence-electron chi connectivity index (χ1n) is 8.92. The molecule has 0 saturated carbocycles. The summed E-state index contributed by atoms with van der Waals surface area (Å²) in [5.74, 6) is 1.67. The fourth-order valence-electron chi connectivity index (χ4n) is 3.40. The molecule has 23 heavy (non-hydrogen) atoms. The summed E-state index contributed by atoms with van der Waals surface area (Å²) in [5.41, 5.74) is 1.26. The number of aliphatic hydroxyl groups is 1. The molecule has 0 unspecified atom stereocenters. The van der Waals surface area contributed by atoms with Crippen molar-refractivity contribution in [1.82, 2.24) is 9.80 Å². The van der Waals surface area contributed by atoms with Gasteiger partial charge in [0.2, 0.25) is 0 Å². The predicted molar refractivity (Wildman–Crippen MR) is 94.8 cm³/mol. The van der Waals surface area contributed by atoms with Crippen molar-refractivity contribution < 1.29 is 9.84 Å². The maximum absolute atomic E-state index is 9.40. The lowest BCUT2D eigenvalue weighted by Gasteiger charge is -2.42. The summed E-state index contributed by atoms with van der Waals surface area (Å²) in [6.45, 7) is 12.7. The Morgan fingerprint density at radius 3 is 2.74 bits per heavy atom. The molecule has 0 amide bonds. The number of para-hydroxylation sites is 1. The van der Waals surface area contributed by atoms with Gasteiger partial charge in [0, 0.05) is 50.9 Å². The minimum Gasteiger partial charge on any atom is -0.494 e. The molecule has 1 aromatic rings. The van der Waals surface area contributed by atoms with E-state index in [2.05, 4.69) is 41.8 Å². The van der Waals surface area contributed by atoms with Gasteiger partial charge in [-0.2, -0.15) is 0 Å². The molecule has 0 radical (unpaired) electrons. The van der Waals surface area contributed by atoms with Gasteiger partial charge < -0.3 is 9.84 Å². The molecule has 130 valence electrons. The van der Waals surface area contributed by atoms with Crippen LogP contribution < -0.4 is 4.74 Å². The van der Waals surface area contributed by atoms with Gasteiger partial charge in [0.25, 0.3) is 0 Å². The third-order valence-electron chi connectivity index (χ3n) is 4.42. The highest BCUT2D eigenvalue weighted by atomic mass is 16.5. The van der Waals surface area contributed by atoms with Crippen LogP contribution in [0.5, 0.6) is 5.75 Å². The smallest absolute Gasteiger partial charge is 0.123 e. The molecule has 1 saturated heterocycles. The van der Waals surface area contributed by atoms with Crippen LogP contribution in [0.25, 0.3) is 0 Å². The molecule has 1 heterocycles. The van der Waals surface area contributed by atoms with Crippen LogP contribution in [0.1, 0.15) is 32.8 Å². The van der Waals surface area contributed by atoms with Crippen LogP contribution in [-0.4, -0.2) is 60.3 Å². The van der Waals surface area contributed by atoms with Crippen LogP contribution in [0.3, 0.4) is 0 Å². The largest absolute Gasteiger partial charge is 0.494 e. The quantitative estimate of drug-likeness (QED) is 0.799. The van der Waals surface area contributed by atoms with Gasteiger partial charge in [-0.15, -0.1) is 0 Å². The summed E-state index contributed by atoms with van der Waals surface area (Å²) in [4.78, 5) is 5.04. The van der Waals surface area contributed by atoms with E-state index < -0.39 is 0 Å². The number of piperazine rings is 1. The van der Waals surface area contributed by atoms with Gasteiger partial charge in [0.05, 0.1) is 6.61 Å². The zero-order valence-corrected chi connectivity index (χ0v) is 14.9. The Hall–Kier alpha value is -1.10. The van der Waals surface area contributed by atoms with Crippen molar-refractivity contribution >= 4 is 0 Å². The van der Waals surface area contributed by atoms with Crippen molar-refractivity contribution in [2.45, 2.75) is 39.8 Å². The van der Waals surface area contributed by atoms with Gasteiger partial charge >= 0.3 is 0 Å². The van der Waals surface area contributed by atoms with Crippen molar-refractivity contribution in [1.29, 1.82) is 0 Å². The van der Waals surface area contributed by atoms with E-state index in [0.717, 1.165) is 44.9 Å². The second-order valence-electron chi connectivity index (χ2n) is 6.83. The number of benzene rings is 1. The molecular formula is C19H32N2O2. The molecule has 1 atom stereocenters. The summed E-state index contributed by atoms with van der Waals surface area (Å²) >= 11 is 0. The summed E-state index contributed by atoms with van der Waals surface area (Å²) in [6, 6.07) is 8.78. The SMILES string of the molecule is CCOc1ccccc1CN1CCN(CC(C)C)[C@@H](CCO)C1. The first-order chi connectivity index (χ1) is 11.1. The highest BCUT2D eigenvalue weighted by Crippen LogP contribution is 2.22. The lowest BCUT2D eigenvalue weighted by molar-refractivity contribution is 0.0473. The molecule has 1 aliphatic heterocycles. The summed E-state index contributed by atoms with van der Waals surface area (Å²) in [6.07, 6.45) is 0.857. The fourth-order valence-corrected chi connectivity index (χ4v) is 3.40. The Morgan fingerprint density at radius 2 is 2.04 bits per heavy atom. The Morgan fingerprint density at radius 1 is 1.26 bits per heavy atom. The van der Waals surface area contributed by atoms with E-state index in [9.17, 15) is 5.11 Å². The zero-order chi connectivity index (χ0) is 16.7. The van der Waals surface area contributed by atoms with Crippen LogP contribution >= 0.6 is 0 Å². The molecule has 1 aromatic carbocycles. The molecule has 0 bridgehead atoms. The van der Waals surface area contributed by atoms with Crippen molar-refractivity contribution in [3.05, 3.63) is 29.8 Å². The number of ether oxygens (including phenoxy) is 1. The molecule has 4 nitrogen and oxygen atoms in total. The fraction of sp³-hybridized carbons (Fsp3) is 0.684. The maximum Gasteiger partial charge on any atom is 0.123 e. The molecule has 0 aliphatic carbocycles. The Labute approximate surface area is 141 Å². The average Bonchev–Trinajstić information content (AvgIpc) is 2.52. The van der Waals surface area contributed by atoms with Crippen LogP contribution in [0, 0.1) is 5.92 Å². The van der Waals surface area contributed by atoms with Gasteiger partial charge in [-0.05, 0) is 25.3 Å². The van der Waals surface area contributed by atoms with Crippen molar-refractivity contribution in [2.24, 2.45) is 5.92 Å². The molecule has 1 N–H and O–H groups in total. The first kappa shape index (κ1) is 18.2. The topological polar surface area (TPSA) is 35.9 Å². The van der Waals surface area contributed by atoms with Gasteiger partial charge in [0.15, 0.2) is 0 Å². The van der Waals surface area contributed by atoms with Crippen molar-refractivity contribution in [3.8, 4) is 5.75 Å². The minimum absolute atomic E-state index is 0.267. The molecule has 1 aliphatic rings. The van der Waals surface area contributed by atoms with Crippen LogP contribution in [0.2, 0.25) is 0 Å². The lowest BCUT2D eigenvalue weighted by atomic mass is 10.1. The standard InChI is InChI=1S/C19H32N2O2/c1-4-23-19-8-6-5-7-17(19)14-20-10-11-21(13-16(2)3)18(15-20)9-12-22/h5-8,16,18,22H,4,9-15H2,1-3H3/t18-/m0/s1. The van der Waals surface area contributed by atoms with E-state index in [4.69, 9.17) is 4.74 Å². The van der Waals surface area contributed by atoms with Gasteiger partial charge in [-0.3, -0.25) is 9.80 Å². The highest BCUT2D eigenvalue weighted by molar-refractivity contribution is 5.33. The second kappa shape index (κ2) is 9.26. The third-order valence-corrected chi connectivity index (χ3v) is 4.42. The Balaban J connectivity index is 1.99. The molecule has 0 spiro atoms. The average molecular weight is 320 g/mol. The van der Waals surface area contributed by atoms with Crippen LogP contribution in [0.4, 0.5) is 0 Å². The van der Waals surface area contributed by atoms with Crippen LogP contribution in [-0.2, 0) is 6.54 Å². The molecule has 4 heteroatoms. The monoisotopic (exact) mass is 320 g/mol. The number of nitrogens with zero attached hydrogens (tertiary/aromatic N) is 2. The zero-order valence-electron chi connectivity index (χ0n) is 14.9. The third kappa shape index (κ3) is 5.48. The molecule has 0 aromatic heterocycles. The summed E-state index contributed by atoms with van der Waals surface area (Å²) in [7, 11) is 0. The van der Waals surface area contributed by atoms with Crippen molar-refractivity contribution in [2.75, 3.05) is 39.4 Å². The first-order valence-corrected chi connectivity index (χ1v) is 8.92. The van der Waals surface area contributed by atoms with Gasteiger partial charge in [0.1, 0.15) is 5.75 Å². The van der Waals surface area contributed by atoms with Crippen LogP contribution in [0.15, 0.2) is 24.3 Å². The number of rotatable bonds is 8. The normalized spacial score (nSPS) is 20.1. The second-order valence-corrected chi connectivity index (χ2v) is 6.83. The van der Waals surface area contributed by atoms with Crippen molar-refractivity contribution in [3.63, 3.8) is 0 Å². The Bertz CT molecular complexity index is 464.